The Morgan fingerprint density at radius 1 is 0.375 bits per heavy atom. The van der Waals surface area contributed by atoms with E-state index in [-0.39, 0.29) is 120 Å². The second-order valence-electron chi connectivity index (χ2n) is 7.38. The fraction of sp³-hybridized carbons (Fsp3) is 0.333. The summed E-state index contributed by atoms with van der Waals surface area (Å²) in [7, 11) is 0. The van der Waals surface area contributed by atoms with Crippen LogP contribution in [0.2, 0.25) is 0 Å². The first-order valence-corrected chi connectivity index (χ1v) is 15.0. The van der Waals surface area contributed by atoms with Gasteiger partial charge >= 0.3 is 33.0 Å². The molecule has 280 valence electrons. The molecule has 0 bridgehead atoms. The molecule has 48 heavy (non-hydrogen) atoms. The first kappa shape index (κ1) is 66.0. The van der Waals surface area contributed by atoms with Crippen molar-refractivity contribution in [3.05, 3.63) is 120 Å². The first-order chi connectivity index (χ1) is 20.6. The molecule has 0 unspecified atom stereocenters. The normalized spacial score (nSPS) is 7.83. The molecular weight excluding hydrogens is 881 g/mol. The molecular formula is C30H40Cl8N4Ni2O4. The predicted molar refractivity (Wildman–Crippen MR) is 173 cm³/mol. The Labute approximate surface area is 349 Å². The van der Waals surface area contributed by atoms with Gasteiger partial charge in [0.15, 0.2) is 0 Å². The molecule has 4 aromatic heterocycles. The van der Waals surface area contributed by atoms with Crippen LogP contribution in [0.5, 0.6) is 0 Å². The number of nitrogens with zero attached hydrogens (tertiary/aromatic N) is 4. The van der Waals surface area contributed by atoms with E-state index in [2.05, 4.69) is 19.9 Å². The maximum atomic E-state index is 8.48. The summed E-state index contributed by atoms with van der Waals surface area (Å²) in [6.07, 6.45) is 9.52. The summed E-state index contributed by atoms with van der Waals surface area (Å²) in [6, 6.07) is 22.7. The third kappa shape index (κ3) is 47.9. The van der Waals surface area contributed by atoms with E-state index in [1.807, 2.05) is 72.8 Å². The molecule has 0 spiro atoms. The van der Waals surface area contributed by atoms with E-state index in [1.54, 1.807) is 24.8 Å². The Bertz CT molecular complexity index is 886. The van der Waals surface area contributed by atoms with E-state index in [0.717, 1.165) is 22.8 Å². The molecule has 4 N–H and O–H groups in total. The van der Waals surface area contributed by atoms with Crippen LogP contribution >= 0.6 is 46.4 Å². The Morgan fingerprint density at radius 2 is 0.542 bits per heavy atom. The topological polar surface area (TPSA) is 132 Å². The van der Waals surface area contributed by atoms with E-state index in [9.17, 15) is 0 Å². The average molecular weight is 922 g/mol. The number of rotatable bonds is 8. The third-order valence-corrected chi connectivity index (χ3v) is 4.38. The van der Waals surface area contributed by atoms with Gasteiger partial charge in [-0.05, 0) is 48.5 Å². The van der Waals surface area contributed by atoms with E-state index in [0.29, 0.717) is 25.7 Å². The van der Waals surface area contributed by atoms with Crippen molar-refractivity contribution < 1.29 is 103 Å². The maximum Gasteiger partial charge on any atom is 2.00 e. The van der Waals surface area contributed by atoms with Gasteiger partial charge in [0, 0.05) is 99.7 Å². The molecule has 0 fully saturated rings. The van der Waals surface area contributed by atoms with Crippen LogP contribution in [0.1, 0.15) is 22.8 Å². The summed E-state index contributed by atoms with van der Waals surface area (Å²) in [5.74, 6) is 0. The van der Waals surface area contributed by atoms with Crippen molar-refractivity contribution in [2.24, 2.45) is 0 Å². The summed E-state index contributed by atoms with van der Waals surface area (Å²) in [5.41, 5.74) is 3.78. The van der Waals surface area contributed by atoms with Crippen molar-refractivity contribution in [1.29, 1.82) is 0 Å². The van der Waals surface area contributed by atoms with Gasteiger partial charge in [-0.1, -0.05) is 24.3 Å². The van der Waals surface area contributed by atoms with Crippen LogP contribution in [0, 0.1) is 0 Å². The Balaban J connectivity index is -0.0000000675. The van der Waals surface area contributed by atoms with Crippen molar-refractivity contribution in [2.45, 2.75) is 25.7 Å². The van der Waals surface area contributed by atoms with Gasteiger partial charge in [-0.25, -0.2) is 0 Å². The molecule has 0 aliphatic heterocycles. The van der Waals surface area contributed by atoms with Crippen molar-refractivity contribution in [2.75, 3.05) is 37.1 Å². The molecule has 0 atom stereocenters. The van der Waals surface area contributed by atoms with Crippen LogP contribution in [0.15, 0.2) is 97.6 Å². The number of aromatic nitrogens is 4. The number of pyridine rings is 4. The molecule has 0 amide bonds. The maximum absolute atomic E-state index is 8.48. The van der Waals surface area contributed by atoms with E-state index in [1.165, 1.54) is 0 Å². The summed E-state index contributed by atoms with van der Waals surface area (Å²) in [6.45, 7) is 0.710. The van der Waals surface area contributed by atoms with Crippen molar-refractivity contribution in [1.82, 2.24) is 19.9 Å². The Morgan fingerprint density at radius 3 is 0.646 bits per heavy atom. The fourth-order valence-electron chi connectivity index (χ4n) is 2.64. The summed E-state index contributed by atoms with van der Waals surface area (Å²) >= 11 is 19.1. The number of hydrogen-bond donors (Lipinski definition) is 4. The van der Waals surface area contributed by atoms with Gasteiger partial charge in [-0.3, -0.25) is 19.9 Å². The van der Waals surface area contributed by atoms with Crippen LogP contribution in [-0.2, 0) is 58.7 Å². The summed E-state index contributed by atoms with van der Waals surface area (Å²) < 4.78 is 0. The number of alkyl halides is 4. The summed E-state index contributed by atoms with van der Waals surface area (Å²) in [4.78, 5) is 16.0. The molecule has 0 aromatic carbocycles. The molecule has 4 aromatic rings. The largest absolute Gasteiger partial charge is 2.00 e. The number of halogens is 8. The predicted octanol–water partition coefficient (Wildman–Crippen LogP) is -6.68. The van der Waals surface area contributed by atoms with Crippen LogP contribution in [-0.4, -0.2) is 77.5 Å². The molecule has 0 aliphatic rings. The van der Waals surface area contributed by atoms with Crippen molar-refractivity contribution in [3.8, 4) is 0 Å². The smallest absolute Gasteiger partial charge is 1.00 e. The molecule has 0 saturated heterocycles. The van der Waals surface area contributed by atoms with E-state index in [4.69, 9.17) is 66.8 Å². The van der Waals surface area contributed by atoms with Gasteiger partial charge in [0.2, 0.25) is 0 Å². The van der Waals surface area contributed by atoms with Crippen LogP contribution < -0.4 is 49.6 Å². The van der Waals surface area contributed by atoms with Gasteiger partial charge in [-0.2, -0.15) is 0 Å². The molecule has 4 heterocycles. The number of aliphatic hydroxyl groups is 4. The fourth-order valence-corrected chi connectivity index (χ4v) is 2.64. The van der Waals surface area contributed by atoms with Gasteiger partial charge < -0.3 is 70.1 Å². The summed E-state index contributed by atoms with van der Waals surface area (Å²) in [5, 5.41) is 34.3. The zero-order chi connectivity index (χ0) is 31.5. The minimum atomic E-state index is 0. The minimum Gasteiger partial charge on any atom is -1.00 e. The van der Waals surface area contributed by atoms with Gasteiger partial charge in [-0.15, -0.1) is 46.4 Å². The third-order valence-electron chi connectivity index (χ3n) is 4.38. The van der Waals surface area contributed by atoms with Crippen molar-refractivity contribution >= 4 is 46.4 Å². The monoisotopic (exact) mass is 916 g/mol. The molecule has 0 saturated carbocycles. The first-order valence-electron chi connectivity index (χ1n) is 12.8. The van der Waals surface area contributed by atoms with E-state index < -0.39 is 0 Å². The second kappa shape index (κ2) is 56.1. The van der Waals surface area contributed by atoms with Crippen LogP contribution in [0.25, 0.3) is 0 Å². The van der Waals surface area contributed by atoms with Gasteiger partial charge in [0.1, 0.15) is 0 Å². The molecule has 0 aliphatic carbocycles. The van der Waals surface area contributed by atoms with Crippen LogP contribution in [0.3, 0.4) is 0 Å². The Kier molecular flexibility index (Phi) is 77.2. The van der Waals surface area contributed by atoms with E-state index >= 15 is 0 Å². The zero-order valence-electron chi connectivity index (χ0n) is 25.5. The second-order valence-corrected chi connectivity index (χ2v) is 9.00. The number of aliphatic hydroxyl groups excluding tert-OH is 4. The SMILES string of the molecule is ClCCl.ClCCl.OCCc1ccccn1.OCCc1ccccn1.OCCc1ccccn1.OCCc1ccccn1.[Cl-].[Cl-].[Cl-].[Cl-].[Ni+2].[Ni+2]. The quantitative estimate of drug-likeness (QED) is 0.102. The average Bonchev–Trinajstić information content (AvgIpc) is 3.02. The van der Waals surface area contributed by atoms with Crippen molar-refractivity contribution in [3.63, 3.8) is 0 Å². The Hall–Kier alpha value is -0.253. The number of hydrogen-bond acceptors (Lipinski definition) is 8. The standard InChI is InChI=1S/4C7H9NO.2CH2Cl2.4ClH.2Ni/c4*9-6-4-7-3-1-2-5-8-7;2*2-1-3;;;;;;/h4*1-3,5,9H,4,6H2;2*1H2;4*1H;;/q;;;;;;;;;;2*+2/p-4. The zero-order valence-corrected chi connectivity index (χ0v) is 33.6. The molecule has 4 rings (SSSR count). The molecule has 18 heteroatoms. The van der Waals surface area contributed by atoms with Gasteiger partial charge in [0.05, 0.1) is 10.7 Å². The minimum absolute atomic E-state index is 0. The van der Waals surface area contributed by atoms with Crippen LogP contribution in [0.4, 0.5) is 0 Å². The molecule has 0 radical (unpaired) electrons. The molecule has 8 nitrogen and oxygen atoms in total. The van der Waals surface area contributed by atoms with Gasteiger partial charge in [0.25, 0.3) is 0 Å².